The van der Waals surface area contributed by atoms with Crippen molar-refractivity contribution in [2.75, 3.05) is 0 Å². The minimum atomic E-state index is -0.614. The Morgan fingerprint density at radius 3 is 2.84 bits per heavy atom. The van der Waals surface area contributed by atoms with E-state index in [0.29, 0.717) is 41.2 Å². The number of aliphatic hydroxyl groups is 2. The van der Waals surface area contributed by atoms with Gasteiger partial charge in [-0.2, -0.15) is 0 Å². The molecule has 2 saturated carbocycles. The van der Waals surface area contributed by atoms with Crippen LogP contribution in [0.4, 0.5) is 11.4 Å². The van der Waals surface area contributed by atoms with Gasteiger partial charge in [0.2, 0.25) is 0 Å². The van der Waals surface area contributed by atoms with Gasteiger partial charge in [-0.25, -0.2) is 4.79 Å². The Morgan fingerprint density at radius 2 is 2.03 bits per heavy atom. The zero-order valence-electron chi connectivity index (χ0n) is 17.5. The van der Waals surface area contributed by atoms with Crippen LogP contribution in [0.15, 0.2) is 46.6 Å². The van der Waals surface area contributed by atoms with Crippen molar-refractivity contribution >= 4 is 17.3 Å². The van der Waals surface area contributed by atoms with E-state index in [1.165, 1.54) is 11.1 Å². The Bertz CT molecular complexity index is 1110. The maximum Gasteiger partial charge on any atom is 0.345 e. The number of aliphatic hydroxyl groups excluding tert-OH is 2. The van der Waals surface area contributed by atoms with Crippen LogP contribution in [-0.2, 0) is 6.42 Å². The van der Waals surface area contributed by atoms with Crippen molar-refractivity contribution < 1.29 is 19.7 Å². The van der Waals surface area contributed by atoms with Crippen LogP contribution in [0.5, 0.6) is 5.75 Å². The summed E-state index contributed by atoms with van der Waals surface area (Å²) in [6, 6.07) is 11.3. The molecule has 1 aliphatic heterocycles. The molecule has 0 radical (unpaired) electrons. The summed E-state index contributed by atoms with van der Waals surface area (Å²) in [7, 11) is 0. The highest BCUT2D eigenvalue weighted by Gasteiger charge is 2.57. The van der Waals surface area contributed by atoms with Crippen molar-refractivity contribution in [1.82, 2.24) is 0 Å². The number of azo groups is 1. The van der Waals surface area contributed by atoms with E-state index in [4.69, 9.17) is 4.74 Å². The molecule has 0 bridgehead atoms. The van der Waals surface area contributed by atoms with Crippen LogP contribution in [0.1, 0.15) is 60.0 Å². The Hall–Kier alpha value is -2.57. The quantitative estimate of drug-likeness (QED) is 0.461. The van der Waals surface area contributed by atoms with Crippen molar-refractivity contribution in [3.05, 3.63) is 53.1 Å². The molecule has 3 aliphatic carbocycles. The molecule has 31 heavy (non-hydrogen) atoms. The lowest BCUT2D eigenvalue weighted by molar-refractivity contribution is -0.0505. The molecule has 0 saturated heterocycles. The summed E-state index contributed by atoms with van der Waals surface area (Å²) in [6.07, 6.45) is 3.40. The maximum atomic E-state index is 12.7. The van der Waals surface area contributed by atoms with Crippen LogP contribution < -0.4 is 4.74 Å². The third-order valence-electron chi connectivity index (χ3n) is 8.37. The van der Waals surface area contributed by atoms with Gasteiger partial charge < -0.3 is 14.9 Å². The molecule has 6 heteroatoms. The second kappa shape index (κ2) is 6.71. The van der Waals surface area contributed by atoms with Crippen LogP contribution in [0, 0.1) is 17.3 Å². The van der Waals surface area contributed by atoms with Gasteiger partial charge in [0.15, 0.2) is 0 Å². The lowest BCUT2D eigenvalue weighted by Gasteiger charge is -2.49. The van der Waals surface area contributed by atoms with Crippen molar-refractivity contribution in [2.45, 2.75) is 57.2 Å². The Kier molecular flexibility index (Phi) is 4.14. The molecule has 6 nitrogen and oxygen atoms in total. The standard InChI is InChI=1S/C25H26N2O4/c1-25-10-9-16-15-8-6-14(31-24(30)18-3-2-4-20-22(18)27-26-20)11-13(15)5-7-17(16)19(25)12-21(28)23(25)29/h2-4,6,8,11,16-17,19,21,23,28-29H,5,7,9-10,12H2,1H3/t16-,17-,19+,21-,23+,25+/m1/s1. The molecule has 2 aromatic carbocycles. The van der Waals surface area contributed by atoms with Crippen molar-refractivity contribution in [2.24, 2.45) is 27.5 Å². The van der Waals surface area contributed by atoms with E-state index in [1.54, 1.807) is 12.1 Å². The van der Waals surface area contributed by atoms with E-state index in [-0.39, 0.29) is 5.41 Å². The molecule has 2 aromatic rings. The van der Waals surface area contributed by atoms with E-state index in [0.717, 1.165) is 31.4 Å². The molecule has 0 amide bonds. The van der Waals surface area contributed by atoms with Gasteiger partial charge in [-0.05, 0) is 90.7 Å². The van der Waals surface area contributed by atoms with Crippen LogP contribution in [0.3, 0.4) is 0 Å². The molecule has 2 fully saturated rings. The Morgan fingerprint density at radius 1 is 1.16 bits per heavy atom. The summed E-state index contributed by atoms with van der Waals surface area (Å²) < 4.78 is 5.68. The smallest absolute Gasteiger partial charge is 0.345 e. The SMILES string of the molecule is C[C@]12CC[C@@H]3c4ccc(OC(=O)c5cccc6c5N=N6)cc4CC[C@H]3[C@@H]1C[C@@H](O)[C@@H]2O. The van der Waals surface area contributed by atoms with Gasteiger partial charge >= 0.3 is 5.97 Å². The molecule has 6 rings (SSSR count). The number of esters is 1. The summed E-state index contributed by atoms with van der Waals surface area (Å²) >= 11 is 0. The zero-order chi connectivity index (χ0) is 21.3. The van der Waals surface area contributed by atoms with E-state index >= 15 is 0 Å². The van der Waals surface area contributed by atoms with Gasteiger partial charge in [0.25, 0.3) is 0 Å². The highest BCUT2D eigenvalue weighted by molar-refractivity contribution is 5.99. The lowest BCUT2D eigenvalue weighted by atomic mass is 9.55. The van der Waals surface area contributed by atoms with E-state index in [2.05, 4.69) is 23.2 Å². The molecule has 1 heterocycles. The lowest BCUT2D eigenvalue weighted by Crippen LogP contribution is -2.44. The summed E-state index contributed by atoms with van der Waals surface area (Å²) in [4.78, 5) is 12.7. The predicted octanol–water partition coefficient (Wildman–Crippen LogP) is 4.82. The molecule has 0 spiro atoms. The average molecular weight is 418 g/mol. The second-order valence-electron chi connectivity index (χ2n) is 9.83. The van der Waals surface area contributed by atoms with Crippen LogP contribution >= 0.6 is 0 Å². The Labute approximate surface area is 181 Å². The van der Waals surface area contributed by atoms with Crippen molar-refractivity contribution in [3.8, 4) is 5.75 Å². The second-order valence-corrected chi connectivity index (χ2v) is 9.83. The molecular formula is C25H26N2O4. The highest BCUT2D eigenvalue weighted by Crippen LogP contribution is 2.61. The van der Waals surface area contributed by atoms with Crippen LogP contribution in [0.2, 0.25) is 0 Å². The molecule has 0 unspecified atom stereocenters. The molecule has 160 valence electrons. The van der Waals surface area contributed by atoms with Gasteiger partial charge in [-0.3, -0.25) is 0 Å². The fourth-order valence-electron chi connectivity index (χ4n) is 6.71. The van der Waals surface area contributed by atoms with E-state index < -0.39 is 18.2 Å². The summed E-state index contributed by atoms with van der Waals surface area (Å²) in [5.41, 5.74) is 4.16. The number of fused-ring (bicyclic) bond motifs is 6. The maximum absolute atomic E-state index is 12.7. The van der Waals surface area contributed by atoms with Crippen LogP contribution in [0.25, 0.3) is 0 Å². The molecule has 4 aliphatic rings. The summed E-state index contributed by atoms with van der Waals surface area (Å²) in [5.74, 6) is 1.43. The minimum absolute atomic E-state index is 0.178. The van der Waals surface area contributed by atoms with Gasteiger partial charge in [0, 0.05) is 0 Å². The summed E-state index contributed by atoms with van der Waals surface area (Å²) in [6.45, 7) is 2.16. The monoisotopic (exact) mass is 418 g/mol. The number of ether oxygens (including phenoxy) is 1. The normalized spacial score (nSPS) is 34.7. The number of rotatable bonds is 2. The first-order valence-corrected chi connectivity index (χ1v) is 11.2. The van der Waals surface area contributed by atoms with E-state index in [9.17, 15) is 15.0 Å². The first-order chi connectivity index (χ1) is 15.0. The molecule has 2 N–H and O–H groups in total. The fourth-order valence-corrected chi connectivity index (χ4v) is 6.71. The average Bonchev–Trinajstić information content (AvgIpc) is 2.98. The summed E-state index contributed by atoms with van der Waals surface area (Å²) in [5, 5.41) is 28.7. The highest BCUT2D eigenvalue weighted by atomic mass is 16.5. The van der Waals surface area contributed by atoms with Crippen molar-refractivity contribution in [1.29, 1.82) is 0 Å². The fraction of sp³-hybridized carbons (Fsp3) is 0.480. The molecule has 6 atom stereocenters. The third-order valence-corrected chi connectivity index (χ3v) is 8.37. The number of carbonyl (C=O) groups is 1. The van der Waals surface area contributed by atoms with Gasteiger partial charge in [-0.1, -0.05) is 19.1 Å². The zero-order valence-corrected chi connectivity index (χ0v) is 17.5. The topological polar surface area (TPSA) is 91.5 Å². The Balaban J connectivity index is 1.24. The van der Waals surface area contributed by atoms with Crippen LogP contribution in [-0.4, -0.2) is 28.4 Å². The third kappa shape index (κ3) is 2.74. The predicted molar refractivity (Wildman–Crippen MR) is 114 cm³/mol. The first-order valence-electron chi connectivity index (χ1n) is 11.2. The largest absolute Gasteiger partial charge is 0.423 e. The van der Waals surface area contributed by atoms with E-state index in [1.807, 2.05) is 18.2 Å². The van der Waals surface area contributed by atoms with Gasteiger partial charge in [0.1, 0.15) is 17.1 Å². The number of benzene rings is 2. The molecule has 0 aromatic heterocycles. The van der Waals surface area contributed by atoms with Crippen molar-refractivity contribution in [3.63, 3.8) is 0 Å². The minimum Gasteiger partial charge on any atom is -0.423 e. The number of hydrogen-bond donors (Lipinski definition) is 2. The molecular weight excluding hydrogens is 392 g/mol. The number of nitrogens with zero attached hydrogens (tertiary/aromatic N) is 2. The first kappa shape index (κ1) is 19.1. The number of carbonyl (C=O) groups excluding carboxylic acids is 1. The van der Waals surface area contributed by atoms with Gasteiger partial charge in [-0.15, -0.1) is 10.2 Å². The number of hydrogen-bond acceptors (Lipinski definition) is 6. The number of aryl methyl sites for hydroxylation is 1. The van der Waals surface area contributed by atoms with Gasteiger partial charge in [0.05, 0.1) is 17.8 Å².